The van der Waals surface area contributed by atoms with Gasteiger partial charge in [0.25, 0.3) is 6.47 Å². The van der Waals surface area contributed by atoms with Crippen molar-refractivity contribution in [1.82, 2.24) is 5.32 Å². The van der Waals surface area contributed by atoms with Crippen molar-refractivity contribution in [2.45, 2.75) is 32.4 Å². The molecular formula is C15H24N2O2. The molecule has 1 unspecified atom stereocenters. The van der Waals surface area contributed by atoms with Crippen LogP contribution in [0.4, 0.5) is 0 Å². The first-order chi connectivity index (χ1) is 9.24. The number of nitrogens with one attached hydrogen (secondary N) is 1. The molecule has 0 aliphatic carbocycles. The second kappa shape index (κ2) is 9.53. The number of hydrogen-bond donors (Lipinski definition) is 2. The van der Waals surface area contributed by atoms with Crippen LogP contribution >= 0.6 is 0 Å². The molecule has 1 aliphatic rings. The molecule has 1 aliphatic heterocycles. The highest BCUT2D eigenvalue weighted by Crippen LogP contribution is 2.13. The summed E-state index contributed by atoms with van der Waals surface area (Å²) in [6.45, 7) is 5.24. The van der Waals surface area contributed by atoms with Gasteiger partial charge in [-0.2, -0.15) is 0 Å². The average Bonchev–Trinajstić information content (AvgIpc) is 2.48. The Hall–Kier alpha value is -1.39. The third kappa shape index (κ3) is 6.94. The third-order valence-electron chi connectivity index (χ3n) is 3.29. The molecular weight excluding hydrogens is 240 g/mol. The lowest BCUT2D eigenvalue weighted by Crippen LogP contribution is -2.36. The van der Waals surface area contributed by atoms with E-state index in [9.17, 15) is 4.79 Å². The molecule has 1 aromatic rings. The number of rotatable bonds is 4. The van der Waals surface area contributed by atoms with Gasteiger partial charge in [-0.15, -0.1) is 0 Å². The van der Waals surface area contributed by atoms with Crippen molar-refractivity contribution in [3.05, 3.63) is 35.9 Å². The summed E-state index contributed by atoms with van der Waals surface area (Å²) in [7, 11) is 0. The molecule has 0 amide bonds. The molecule has 0 radical (unpaired) electrons. The van der Waals surface area contributed by atoms with Gasteiger partial charge < -0.3 is 15.8 Å². The Morgan fingerprint density at radius 2 is 2.00 bits per heavy atom. The summed E-state index contributed by atoms with van der Waals surface area (Å²) in [6.07, 6.45) is 2.52. The van der Waals surface area contributed by atoms with E-state index in [2.05, 4.69) is 17.0 Å². The van der Waals surface area contributed by atoms with Crippen molar-refractivity contribution in [2.24, 2.45) is 11.7 Å². The third-order valence-corrected chi connectivity index (χ3v) is 3.29. The minimum Gasteiger partial charge on any atom is -0.463 e. The van der Waals surface area contributed by atoms with Gasteiger partial charge in [-0.05, 0) is 44.3 Å². The van der Waals surface area contributed by atoms with Crippen LogP contribution in [0.2, 0.25) is 0 Å². The summed E-state index contributed by atoms with van der Waals surface area (Å²) >= 11 is 0. The van der Waals surface area contributed by atoms with E-state index < -0.39 is 0 Å². The first-order valence-corrected chi connectivity index (χ1v) is 6.79. The molecule has 0 spiro atoms. The predicted octanol–water partition coefficient (Wildman–Crippen LogP) is 1.69. The molecule has 1 fully saturated rings. The zero-order valence-corrected chi connectivity index (χ0v) is 11.5. The SMILES string of the molecule is CC(N)C1CCNCC1.O=COCc1ccccc1. The number of ether oxygens (including phenoxy) is 1. The zero-order chi connectivity index (χ0) is 13.9. The fourth-order valence-corrected chi connectivity index (χ4v) is 2.07. The van der Waals surface area contributed by atoms with Gasteiger partial charge >= 0.3 is 0 Å². The van der Waals surface area contributed by atoms with Crippen molar-refractivity contribution >= 4 is 6.47 Å². The highest BCUT2D eigenvalue weighted by Gasteiger charge is 2.15. The minimum atomic E-state index is 0.365. The normalized spacial score (nSPS) is 16.9. The monoisotopic (exact) mass is 264 g/mol. The number of nitrogens with two attached hydrogens (primary N) is 1. The van der Waals surface area contributed by atoms with Crippen molar-refractivity contribution in [3.8, 4) is 0 Å². The van der Waals surface area contributed by atoms with Crippen LogP contribution in [0.15, 0.2) is 30.3 Å². The van der Waals surface area contributed by atoms with Gasteiger partial charge in [0.1, 0.15) is 6.61 Å². The molecule has 3 N–H and O–H groups in total. The van der Waals surface area contributed by atoms with Gasteiger partial charge in [0.2, 0.25) is 0 Å². The second-order valence-corrected chi connectivity index (χ2v) is 4.84. The van der Waals surface area contributed by atoms with E-state index in [1.807, 2.05) is 30.3 Å². The Bertz CT molecular complexity index is 335. The number of carbonyl (C=O) groups is 1. The van der Waals surface area contributed by atoms with Gasteiger partial charge in [0.05, 0.1) is 0 Å². The first-order valence-electron chi connectivity index (χ1n) is 6.79. The molecule has 4 heteroatoms. The number of benzene rings is 1. The summed E-state index contributed by atoms with van der Waals surface area (Å²) in [6, 6.07) is 9.94. The molecule has 0 saturated carbocycles. The van der Waals surface area contributed by atoms with Crippen LogP contribution in [0.25, 0.3) is 0 Å². The minimum absolute atomic E-state index is 0.365. The predicted molar refractivity (Wildman–Crippen MR) is 76.5 cm³/mol. The maximum absolute atomic E-state index is 9.76. The smallest absolute Gasteiger partial charge is 0.293 e. The number of carbonyl (C=O) groups excluding carboxylic acids is 1. The van der Waals surface area contributed by atoms with E-state index in [0.29, 0.717) is 19.1 Å². The number of hydrogen-bond acceptors (Lipinski definition) is 4. The van der Waals surface area contributed by atoms with Crippen LogP contribution in [-0.2, 0) is 16.1 Å². The molecule has 1 saturated heterocycles. The van der Waals surface area contributed by atoms with Crippen LogP contribution in [0.1, 0.15) is 25.3 Å². The quantitative estimate of drug-likeness (QED) is 0.812. The Kier molecular flexibility index (Phi) is 7.86. The molecule has 1 aromatic carbocycles. The van der Waals surface area contributed by atoms with Gasteiger partial charge in [-0.1, -0.05) is 30.3 Å². The molecule has 1 heterocycles. The second-order valence-electron chi connectivity index (χ2n) is 4.84. The first kappa shape index (κ1) is 15.7. The topological polar surface area (TPSA) is 64.3 Å². The van der Waals surface area contributed by atoms with Gasteiger partial charge in [0.15, 0.2) is 0 Å². The van der Waals surface area contributed by atoms with E-state index in [1.165, 1.54) is 12.8 Å². The van der Waals surface area contributed by atoms with Crippen LogP contribution < -0.4 is 11.1 Å². The van der Waals surface area contributed by atoms with E-state index in [0.717, 1.165) is 24.6 Å². The fourth-order valence-electron chi connectivity index (χ4n) is 2.07. The maximum atomic E-state index is 9.76. The summed E-state index contributed by atoms with van der Waals surface area (Å²) in [5.74, 6) is 0.770. The molecule has 106 valence electrons. The van der Waals surface area contributed by atoms with E-state index in [1.54, 1.807) is 0 Å². The van der Waals surface area contributed by atoms with Crippen molar-refractivity contribution in [2.75, 3.05) is 13.1 Å². The van der Waals surface area contributed by atoms with Crippen molar-refractivity contribution < 1.29 is 9.53 Å². The Morgan fingerprint density at radius 3 is 2.47 bits per heavy atom. The summed E-state index contributed by atoms with van der Waals surface area (Å²) in [5.41, 5.74) is 6.75. The molecule has 4 nitrogen and oxygen atoms in total. The van der Waals surface area contributed by atoms with Crippen LogP contribution in [-0.4, -0.2) is 25.6 Å². The standard InChI is InChI=1S/C8H8O2.C7H16N2/c9-7-10-6-8-4-2-1-3-5-8;1-6(8)7-2-4-9-5-3-7/h1-5,7H,6H2;6-7,9H,2-5,8H2,1H3. The molecule has 0 bridgehead atoms. The Labute approximate surface area is 115 Å². The average molecular weight is 264 g/mol. The van der Waals surface area contributed by atoms with Crippen LogP contribution in [0.5, 0.6) is 0 Å². The molecule has 2 rings (SSSR count). The molecule has 19 heavy (non-hydrogen) atoms. The van der Waals surface area contributed by atoms with E-state index in [-0.39, 0.29) is 0 Å². The Morgan fingerprint density at radius 1 is 1.37 bits per heavy atom. The van der Waals surface area contributed by atoms with Crippen molar-refractivity contribution in [3.63, 3.8) is 0 Å². The Balaban J connectivity index is 0.000000191. The van der Waals surface area contributed by atoms with E-state index >= 15 is 0 Å². The lowest BCUT2D eigenvalue weighted by molar-refractivity contribution is -0.129. The zero-order valence-electron chi connectivity index (χ0n) is 11.5. The van der Waals surface area contributed by atoms with Gasteiger partial charge in [0, 0.05) is 6.04 Å². The molecule has 1 atom stereocenters. The summed E-state index contributed by atoms with van der Waals surface area (Å²) in [4.78, 5) is 9.76. The maximum Gasteiger partial charge on any atom is 0.293 e. The largest absolute Gasteiger partial charge is 0.463 e. The highest BCUT2D eigenvalue weighted by atomic mass is 16.5. The number of piperidine rings is 1. The lowest BCUT2D eigenvalue weighted by Gasteiger charge is -2.25. The fraction of sp³-hybridized carbons (Fsp3) is 0.533. The summed E-state index contributed by atoms with van der Waals surface area (Å²) < 4.78 is 4.54. The molecule has 0 aromatic heterocycles. The lowest BCUT2D eigenvalue weighted by atomic mass is 9.92. The van der Waals surface area contributed by atoms with Crippen LogP contribution in [0, 0.1) is 5.92 Å². The van der Waals surface area contributed by atoms with Crippen LogP contribution in [0.3, 0.4) is 0 Å². The van der Waals surface area contributed by atoms with Gasteiger partial charge in [-0.3, -0.25) is 4.79 Å². The van der Waals surface area contributed by atoms with Gasteiger partial charge in [-0.25, -0.2) is 0 Å². The van der Waals surface area contributed by atoms with Crippen molar-refractivity contribution in [1.29, 1.82) is 0 Å². The highest BCUT2D eigenvalue weighted by molar-refractivity contribution is 5.37. The summed E-state index contributed by atoms with van der Waals surface area (Å²) in [5, 5.41) is 3.31. The van der Waals surface area contributed by atoms with E-state index in [4.69, 9.17) is 5.73 Å².